The van der Waals surface area contributed by atoms with Crippen LogP contribution in [0.25, 0.3) is 11.0 Å². The van der Waals surface area contributed by atoms with Crippen LogP contribution >= 0.6 is 0 Å². The van der Waals surface area contributed by atoms with Gasteiger partial charge in [-0.25, -0.2) is 18.2 Å². The van der Waals surface area contributed by atoms with Crippen molar-refractivity contribution in [3.05, 3.63) is 24.5 Å². The van der Waals surface area contributed by atoms with Gasteiger partial charge in [-0.2, -0.15) is 4.31 Å². The second-order valence-electron chi connectivity index (χ2n) is 6.17. The lowest BCUT2D eigenvalue weighted by Gasteiger charge is -2.33. The smallest absolute Gasteiger partial charge is 0.317 e. The number of hydrogen-bond acceptors (Lipinski definition) is 4. The molecule has 1 aliphatic carbocycles. The molecule has 9 heteroatoms. The molecule has 0 aromatic carbocycles. The molecule has 2 aliphatic rings. The molecule has 2 aromatic rings. The van der Waals surface area contributed by atoms with Crippen LogP contribution in [0.5, 0.6) is 0 Å². The Morgan fingerprint density at radius 1 is 1.25 bits per heavy atom. The number of aromatic amines is 1. The summed E-state index contributed by atoms with van der Waals surface area (Å²) < 4.78 is 27.2. The Labute approximate surface area is 139 Å². The quantitative estimate of drug-likeness (QED) is 0.854. The van der Waals surface area contributed by atoms with Crippen LogP contribution in [0.4, 0.5) is 4.79 Å². The molecule has 2 amide bonds. The van der Waals surface area contributed by atoms with Crippen LogP contribution in [0.1, 0.15) is 12.8 Å². The summed E-state index contributed by atoms with van der Waals surface area (Å²) in [4.78, 5) is 21.0. The van der Waals surface area contributed by atoms with E-state index in [-0.39, 0.29) is 10.9 Å². The van der Waals surface area contributed by atoms with Crippen molar-refractivity contribution in [3.63, 3.8) is 0 Å². The number of pyridine rings is 1. The molecule has 1 aliphatic heterocycles. The van der Waals surface area contributed by atoms with E-state index in [1.165, 1.54) is 10.5 Å². The van der Waals surface area contributed by atoms with Gasteiger partial charge in [-0.05, 0) is 25.0 Å². The van der Waals surface area contributed by atoms with Crippen LogP contribution in [-0.2, 0) is 10.0 Å². The first-order valence-electron chi connectivity index (χ1n) is 8.03. The predicted octanol–water partition coefficient (Wildman–Crippen LogP) is 0.741. The fourth-order valence-electron chi connectivity index (χ4n) is 2.91. The Morgan fingerprint density at radius 3 is 2.71 bits per heavy atom. The highest BCUT2D eigenvalue weighted by Gasteiger charge is 2.33. The number of rotatable bonds is 3. The molecule has 2 fully saturated rings. The van der Waals surface area contributed by atoms with Crippen LogP contribution in [-0.4, -0.2) is 65.8 Å². The van der Waals surface area contributed by atoms with E-state index in [2.05, 4.69) is 15.3 Å². The Balaban J connectivity index is 1.49. The van der Waals surface area contributed by atoms with E-state index < -0.39 is 10.0 Å². The molecule has 2 aromatic heterocycles. The fraction of sp³-hybridized carbons (Fsp3) is 0.467. The van der Waals surface area contributed by atoms with Gasteiger partial charge in [0.2, 0.25) is 10.0 Å². The van der Waals surface area contributed by atoms with Gasteiger partial charge >= 0.3 is 6.03 Å². The second kappa shape index (κ2) is 5.75. The number of hydrogen-bond donors (Lipinski definition) is 2. The molecule has 0 unspecified atom stereocenters. The van der Waals surface area contributed by atoms with Crippen molar-refractivity contribution < 1.29 is 13.2 Å². The number of aromatic nitrogens is 2. The van der Waals surface area contributed by atoms with Crippen molar-refractivity contribution in [3.8, 4) is 0 Å². The molecular formula is C15H19N5O3S. The van der Waals surface area contributed by atoms with Gasteiger partial charge in [0.25, 0.3) is 0 Å². The number of carbonyl (C=O) groups excluding carboxylic acids is 1. The summed E-state index contributed by atoms with van der Waals surface area (Å²) in [7, 11) is -3.60. The number of nitrogens with one attached hydrogen (secondary N) is 2. The molecule has 128 valence electrons. The lowest BCUT2D eigenvalue weighted by molar-refractivity contribution is 0.172. The topological polar surface area (TPSA) is 98.4 Å². The summed E-state index contributed by atoms with van der Waals surface area (Å²) in [5.74, 6) is 0. The number of sulfonamides is 1. The molecular weight excluding hydrogens is 330 g/mol. The normalized spacial score (nSPS) is 19.6. The maximum Gasteiger partial charge on any atom is 0.317 e. The number of amides is 2. The van der Waals surface area contributed by atoms with Gasteiger partial charge in [0.15, 0.2) is 0 Å². The average molecular weight is 349 g/mol. The van der Waals surface area contributed by atoms with Crippen LogP contribution < -0.4 is 5.32 Å². The van der Waals surface area contributed by atoms with E-state index in [1.807, 2.05) is 0 Å². The molecule has 24 heavy (non-hydrogen) atoms. The molecule has 3 heterocycles. The van der Waals surface area contributed by atoms with E-state index in [0.717, 1.165) is 12.8 Å². The lowest BCUT2D eigenvalue weighted by Crippen LogP contribution is -2.53. The van der Waals surface area contributed by atoms with Crippen LogP contribution in [0.3, 0.4) is 0 Å². The van der Waals surface area contributed by atoms with Gasteiger partial charge in [0, 0.05) is 50.0 Å². The summed E-state index contributed by atoms with van der Waals surface area (Å²) in [6.45, 7) is 1.40. The zero-order valence-electron chi connectivity index (χ0n) is 13.1. The first-order valence-corrected chi connectivity index (χ1v) is 9.47. The third-order valence-corrected chi connectivity index (χ3v) is 6.40. The fourth-order valence-corrected chi connectivity index (χ4v) is 4.48. The lowest BCUT2D eigenvalue weighted by atomic mass is 10.3. The molecule has 8 nitrogen and oxygen atoms in total. The van der Waals surface area contributed by atoms with Crippen molar-refractivity contribution >= 4 is 27.1 Å². The maximum atomic E-state index is 12.9. The van der Waals surface area contributed by atoms with E-state index in [0.29, 0.717) is 43.3 Å². The zero-order chi connectivity index (χ0) is 16.7. The number of carbonyl (C=O) groups is 1. The van der Waals surface area contributed by atoms with Crippen molar-refractivity contribution in [1.29, 1.82) is 0 Å². The highest BCUT2D eigenvalue weighted by atomic mass is 32.2. The largest absolute Gasteiger partial charge is 0.345 e. The summed E-state index contributed by atoms with van der Waals surface area (Å²) >= 11 is 0. The van der Waals surface area contributed by atoms with Crippen molar-refractivity contribution in [2.75, 3.05) is 26.2 Å². The highest BCUT2D eigenvalue weighted by Crippen LogP contribution is 2.25. The number of fused-ring (bicyclic) bond motifs is 1. The number of H-pyrrole nitrogens is 1. The van der Waals surface area contributed by atoms with Gasteiger partial charge in [-0.15, -0.1) is 0 Å². The molecule has 4 rings (SSSR count). The number of nitrogens with zero attached hydrogens (tertiary/aromatic N) is 3. The monoisotopic (exact) mass is 349 g/mol. The van der Waals surface area contributed by atoms with Crippen LogP contribution in [0.15, 0.2) is 29.4 Å². The molecule has 1 saturated heterocycles. The molecule has 0 atom stereocenters. The first-order chi connectivity index (χ1) is 11.6. The van der Waals surface area contributed by atoms with Gasteiger partial charge in [0.1, 0.15) is 10.5 Å². The first kappa shape index (κ1) is 15.4. The zero-order valence-corrected chi connectivity index (χ0v) is 13.9. The minimum absolute atomic E-state index is 0.0918. The summed E-state index contributed by atoms with van der Waals surface area (Å²) in [6.07, 6.45) is 5.18. The van der Waals surface area contributed by atoms with Gasteiger partial charge in [-0.1, -0.05) is 0 Å². The Hall–Kier alpha value is -2.13. The van der Waals surface area contributed by atoms with Crippen molar-refractivity contribution in [1.82, 2.24) is 24.5 Å². The van der Waals surface area contributed by atoms with Gasteiger partial charge in [-0.3, -0.25) is 0 Å². The Morgan fingerprint density at radius 2 is 2.00 bits per heavy atom. The van der Waals surface area contributed by atoms with E-state index >= 15 is 0 Å². The van der Waals surface area contributed by atoms with E-state index in [9.17, 15) is 13.2 Å². The molecule has 0 radical (unpaired) electrons. The van der Waals surface area contributed by atoms with Crippen molar-refractivity contribution in [2.24, 2.45) is 0 Å². The highest BCUT2D eigenvalue weighted by molar-refractivity contribution is 7.89. The predicted molar refractivity (Wildman–Crippen MR) is 88.0 cm³/mol. The number of urea groups is 1. The minimum Gasteiger partial charge on any atom is -0.345 e. The maximum absolute atomic E-state index is 12.9. The van der Waals surface area contributed by atoms with Crippen LogP contribution in [0, 0.1) is 0 Å². The number of piperazine rings is 1. The van der Waals surface area contributed by atoms with Gasteiger partial charge < -0.3 is 15.2 Å². The third kappa shape index (κ3) is 2.73. The average Bonchev–Trinajstić information content (AvgIpc) is 3.29. The summed E-state index contributed by atoms with van der Waals surface area (Å²) in [5, 5.41) is 3.52. The molecule has 0 spiro atoms. The van der Waals surface area contributed by atoms with E-state index in [4.69, 9.17) is 0 Å². The third-order valence-electron chi connectivity index (χ3n) is 4.46. The van der Waals surface area contributed by atoms with Crippen molar-refractivity contribution in [2.45, 2.75) is 23.8 Å². The van der Waals surface area contributed by atoms with Crippen LogP contribution in [0.2, 0.25) is 0 Å². The molecule has 0 bridgehead atoms. The standard InChI is InChI=1S/C15H19N5O3S/c21-15(18-11-3-4-11)19-6-8-20(9-7-19)24(22,23)13-10-17-14-12(13)2-1-5-16-14/h1-2,5,10-11H,3-4,6-9H2,(H,16,17)(H,18,21). The summed E-state index contributed by atoms with van der Waals surface area (Å²) in [5.41, 5.74) is 0.554. The Kier molecular flexibility index (Phi) is 3.69. The minimum atomic E-state index is -3.60. The van der Waals surface area contributed by atoms with E-state index in [1.54, 1.807) is 23.2 Å². The molecule has 2 N–H and O–H groups in total. The Bertz CT molecular complexity index is 866. The second-order valence-corrected chi connectivity index (χ2v) is 8.07. The molecule has 1 saturated carbocycles. The summed E-state index contributed by atoms with van der Waals surface area (Å²) in [6, 6.07) is 3.67. The SMILES string of the molecule is O=C(NC1CC1)N1CCN(S(=O)(=O)c2c[nH]c3ncccc23)CC1. The van der Waals surface area contributed by atoms with Gasteiger partial charge in [0.05, 0.1) is 0 Å².